The summed E-state index contributed by atoms with van der Waals surface area (Å²) in [6.45, 7) is 0. The lowest BCUT2D eigenvalue weighted by molar-refractivity contribution is 0.444. The van der Waals surface area contributed by atoms with Gasteiger partial charge in [0, 0.05) is 28.0 Å². The van der Waals surface area contributed by atoms with E-state index in [1.807, 2.05) is 0 Å². The lowest BCUT2D eigenvalue weighted by Gasteiger charge is -2.25. The maximum atomic E-state index is 6.96. The van der Waals surface area contributed by atoms with E-state index in [-0.39, 0.29) is 0 Å². The first-order valence-electron chi connectivity index (χ1n) is 16.9. The molecule has 0 N–H and O–H groups in total. The second kappa shape index (κ2) is 11.7. The molecular weight excluding hydrogens is 572 g/mol. The minimum absolute atomic E-state index is 0.647. The number of nitrogens with zero attached hydrogens (tertiary/aromatic N) is 2. The summed E-state index contributed by atoms with van der Waals surface area (Å²) in [5.74, 6) is 0.647. The maximum absolute atomic E-state index is 6.96. The summed E-state index contributed by atoms with van der Waals surface area (Å²) in [7, 11) is 0. The van der Waals surface area contributed by atoms with E-state index < -0.39 is 0 Å². The highest BCUT2D eigenvalue weighted by Crippen LogP contribution is 2.44. The van der Waals surface area contributed by atoms with Crippen molar-refractivity contribution in [2.45, 2.75) is 38.0 Å². The summed E-state index contributed by atoms with van der Waals surface area (Å²) in [4.78, 5) is 2.29. The third kappa shape index (κ3) is 4.82. The van der Waals surface area contributed by atoms with Gasteiger partial charge >= 0.3 is 0 Å². The number of benzene rings is 6. The Morgan fingerprint density at radius 1 is 0.532 bits per heavy atom. The molecule has 228 valence electrons. The summed E-state index contributed by atoms with van der Waals surface area (Å²) in [6, 6.07) is 54.4. The number of anilines is 3. The number of oxazole rings is 1. The van der Waals surface area contributed by atoms with Crippen LogP contribution in [0, 0.1) is 0 Å². The van der Waals surface area contributed by atoms with Crippen molar-refractivity contribution in [3.05, 3.63) is 157 Å². The fourth-order valence-corrected chi connectivity index (χ4v) is 7.72. The second-order valence-electron chi connectivity index (χ2n) is 12.8. The van der Waals surface area contributed by atoms with E-state index in [0.717, 1.165) is 45.0 Å². The Bertz CT molecular complexity index is 2270. The quantitative estimate of drug-likeness (QED) is 0.187. The Balaban J connectivity index is 1.19. The van der Waals surface area contributed by atoms with E-state index in [1.54, 1.807) is 0 Å². The average molecular weight is 609 g/mol. The summed E-state index contributed by atoms with van der Waals surface area (Å²) in [5.41, 5.74) is 13.5. The number of fused-ring (bicyclic) bond motifs is 5. The van der Waals surface area contributed by atoms with Gasteiger partial charge in [-0.2, -0.15) is 0 Å². The van der Waals surface area contributed by atoms with Crippen molar-refractivity contribution in [1.82, 2.24) is 4.40 Å². The van der Waals surface area contributed by atoms with E-state index in [1.165, 1.54) is 59.7 Å². The van der Waals surface area contributed by atoms with E-state index in [4.69, 9.17) is 4.42 Å². The topological polar surface area (TPSA) is 20.8 Å². The SMILES string of the molecule is c1ccc(-c2c3cc(C4CCCCC4)ccc3n3c2oc2c(-c4ccc(N(c5ccccc5)c5ccccc5)cc4)cccc23)cc1. The van der Waals surface area contributed by atoms with Gasteiger partial charge in [0.15, 0.2) is 5.58 Å². The minimum atomic E-state index is 0.647. The number of rotatable bonds is 6. The van der Waals surface area contributed by atoms with Crippen molar-refractivity contribution in [3.8, 4) is 22.3 Å². The molecule has 1 aliphatic rings. The zero-order valence-corrected chi connectivity index (χ0v) is 26.3. The third-order valence-electron chi connectivity index (χ3n) is 9.99. The highest BCUT2D eigenvalue weighted by molar-refractivity contribution is 6.08. The maximum Gasteiger partial charge on any atom is 0.213 e. The van der Waals surface area contributed by atoms with Gasteiger partial charge in [-0.3, -0.25) is 4.40 Å². The zero-order valence-electron chi connectivity index (χ0n) is 26.3. The third-order valence-corrected chi connectivity index (χ3v) is 9.99. The molecule has 1 fully saturated rings. The van der Waals surface area contributed by atoms with Crippen molar-refractivity contribution >= 4 is 44.8 Å². The van der Waals surface area contributed by atoms with Crippen LogP contribution in [-0.2, 0) is 0 Å². The summed E-state index contributed by atoms with van der Waals surface area (Å²) in [5, 5.41) is 1.27. The molecule has 0 atom stereocenters. The Kier molecular flexibility index (Phi) is 6.89. The summed E-state index contributed by atoms with van der Waals surface area (Å²) >= 11 is 0. The number of hydrogen-bond donors (Lipinski definition) is 0. The van der Waals surface area contributed by atoms with Gasteiger partial charge in [-0.15, -0.1) is 0 Å². The average Bonchev–Trinajstić information content (AvgIpc) is 3.68. The molecule has 0 unspecified atom stereocenters. The van der Waals surface area contributed by atoms with Crippen LogP contribution in [0.3, 0.4) is 0 Å². The van der Waals surface area contributed by atoms with Gasteiger partial charge in [-0.25, -0.2) is 0 Å². The molecule has 0 amide bonds. The van der Waals surface area contributed by atoms with Crippen LogP contribution < -0.4 is 4.90 Å². The Morgan fingerprint density at radius 3 is 1.85 bits per heavy atom. The van der Waals surface area contributed by atoms with E-state index in [9.17, 15) is 0 Å². The fourth-order valence-electron chi connectivity index (χ4n) is 7.72. The van der Waals surface area contributed by atoms with Gasteiger partial charge in [0.2, 0.25) is 5.71 Å². The molecule has 0 aliphatic heterocycles. The smallest absolute Gasteiger partial charge is 0.213 e. The lowest BCUT2D eigenvalue weighted by atomic mass is 9.83. The van der Waals surface area contributed by atoms with Crippen molar-refractivity contribution < 1.29 is 4.42 Å². The van der Waals surface area contributed by atoms with Crippen LogP contribution in [-0.4, -0.2) is 4.40 Å². The van der Waals surface area contributed by atoms with Crippen molar-refractivity contribution in [3.63, 3.8) is 0 Å². The fraction of sp³-hybridized carbons (Fsp3) is 0.136. The van der Waals surface area contributed by atoms with Gasteiger partial charge in [0.25, 0.3) is 0 Å². The van der Waals surface area contributed by atoms with Gasteiger partial charge in [-0.05, 0) is 90.0 Å². The molecule has 0 saturated heterocycles. The molecule has 1 aliphatic carbocycles. The van der Waals surface area contributed by atoms with Crippen LogP contribution in [0.25, 0.3) is 50.0 Å². The number of hydrogen-bond acceptors (Lipinski definition) is 2. The predicted molar refractivity (Wildman–Crippen MR) is 196 cm³/mol. The Labute approximate surface area is 275 Å². The molecule has 0 radical (unpaired) electrons. The molecule has 2 aromatic heterocycles. The monoisotopic (exact) mass is 608 g/mol. The predicted octanol–water partition coefficient (Wildman–Crippen LogP) is 12.7. The summed E-state index contributed by atoms with van der Waals surface area (Å²) in [6.07, 6.45) is 6.60. The van der Waals surface area contributed by atoms with Crippen molar-refractivity contribution in [2.75, 3.05) is 4.90 Å². The molecule has 8 aromatic rings. The standard InChI is InChI=1S/C44H36N2O/c1-5-14-31(15-6-1)34-26-29-40-39(30-34)42(33-16-7-2-8-17-33)44-46(40)41-23-13-22-38(43(41)47-44)32-24-27-37(28-25-32)45(35-18-9-3-10-19-35)36-20-11-4-12-21-36/h2-4,7-13,16-31H,1,5-6,14-15H2. The van der Waals surface area contributed by atoms with Crippen LogP contribution in [0.15, 0.2) is 156 Å². The Morgan fingerprint density at radius 2 is 1.17 bits per heavy atom. The van der Waals surface area contributed by atoms with Crippen LogP contribution >= 0.6 is 0 Å². The first-order valence-corrected chi connectivity index (χ1v) is 16.9. The van der Waals surface area contributed by atoms with Gasteiger partial charge in [0.05, 0.1) is 16.6 Å². The molecule has 3 nitrogen and oxygen atoms in total. The molecule has 9 rings (SSSR count). The molecule has 3 heteroatoms. The zero-order chi connectivity index (χ0) is 31.2. The second-order valence-corrected chi connectivity index (χ2v) is 12.8. The normalized spacial score (nSPS) is 13.9. The Hall–Kier alpha value is -5.54. The van der Waals surface area contributed by atoms with Crippen molar-refractivity contribution in [1.29, 1.82) is 0 Å². The van der Waals surface area contributed by atoms with Gasteiger partial charge in [-0.1, -0.05) is 116 Å². The molecular formula is C44H36N2O. The molecule has 1 saturated carbocycles. The molecule has 6 aromatic carbocycles. The molecule has 0 spiro atoms. The highest BCUT2D eigenvalue weighted by Gasteiger charge is 2.24. The highest BCUT2D eigenvalue weighted by atomic mass is 16.3. The number of para-hydroxylation sites is 3. The van der Waals surface area contributed by atoms with E-state index in [2.05, 4.69) is 161 Å². The van der Waals surface area contributed by atoms with Gasteiger partial charge < -0.3 is 9.32 Å². The van der Waals surface area contributed by atoms with Crippen LogP contribution in [0.5, 0.6) is 0 Å². The lowest BCUT2D eigenvalue weighted by Crippen LogP contribution is -2.09. The molecule has 0 bridgehead atoms. The first-order chi connectivity index (χ1) is 23.3. The van der Waals surface area contributed by atoms with Gasteiger partial charge in [0.1, 0.15) is 0 Å². The van der Waals surface area contributed by atoms with Crippen molar-refractivity contribution in [2.24, 2.45) is 0 Å². The first kappa shape index (κ1) is 27.7. The van der Waals surface area contributed by atoms with Crippen LogP contribution in [0.1, 0.15) is 43.6 Å². The molecule has 47 heavy (non-hydrogen) atoms. The largest absolute Gasteiger partial charge is 0.437 e. The minimum Gasteiger partial charge on any atom is -0.437 e. The van der Waals surface area contributed by atoms with Crippen LogP contribution in [0.4, 0.5) is 17.1 Å². The summed E-state index contributed by atoms with van der Waals surface area (Å²) < 4.78 is 9.30. The van der Waals surface area contributed by atoms with E-state index in [0.29, 0.717) is 5.92 Å². The van der Waals surface area contributed by atoms with E-state index >= 15 is 0 Å². The van der Waals surface area contributed by atoms with Crippen LogP contribution in [0.2, 0.25) is 0 Å². The molecule has 2 heterocycles. The number of aromatic nitrogens is 1.